The van der Waals surface area contributed by atoms with E-state index in [0.717, 1.165) is 24.3 Å². The zero-order valence-electron chi connectivity index (χ0n) is 20.2. The number of carbonyl (C=O) groups is 1. The molecule has 2 aliphatic heterocycles. The molecule has 0 amide bonds. The first kappa shape index (κ1) is 26.7. The number of carbonyl (C=O) groups excluding carboxylic acids is 1. The molecule has 1 fully saturated rings. The van der Waals surface area contributed by atoms with Gasteiger partial charge in [0, 0.05) is 23.3 Å². The van der Waals surface area contributed by atoms with Gasteiger partial charge < -0.3 is 55.1 Å². The molecule has 12 heteroatoms. The molecule has 2 heterocycles. The van der Waals surface area contributed by atoms with Crippen molar-refractivity contribution in [2.45, 2.75) is 42.4 Å². The van der Waals surface area contributed by atoms with E-state index in [1.807, 2.05) is 0 Å². The maximum absolute atomic E-state index is 14.1. The van der Waals surface area contributed by atoms with Crippen molar-refractivity contribution in [1.82, 2.24) is 0 Å². The Bertz CT molecular complexity index is 1380. The highest BCUT2D eigenvalue weighted by atomic mass is 16.7. The third kappa shape index (κ3) is 4.33. The monoisotopic (exact) mass is 542 g/mol. The summed E-state index contributed by atoms with van der Waals surface area (Å²) in [5.74, 6) is -3.15. The predicted octanol–water partition coefficient (Wildman–Crippen LogP) is 0.213. The molecule has 12 nitrogen and oxygen atoms in total. The van der Waals surface area contributed by atoms with Gasteiger partial charge in [0.25, 0.3) is 0 Å². The van der Waals surface area contributed by atoms with Gasteiger partial charge in [0.15, 0.2) is 29.5 Å². The molecular weight excluding hydrogens is 516 g/mol. The Morgan fingerprint density at radius 2 is 1.59 bits per heavy atom. The van der Waals surface area contributed by atoms with Gasteiger partial charge in [-0.05, 0) is 12.1 Å². The minimum absolute atomic E-state index is 0.0933. The summed E-state index contributed by atoms with van der Waals surface area (Å²) >= 11 is 0. The van der Waals surface area contributed by atoms with Crippen molar-refractivity contribution in [3.63, 3.8) is 0 Å². The first-order valence-corrected chi connectivity index (χ1v) is 11.9. The first-order valence-electron chi connectivity index (χ1n) is 11.9. The highest BCUT2D eigenvalue weighted by Gasteiger charge is 2.58. The molecule has 0 aliphatic carbocycles. The lowest BCUT2D eigenvalue weighted by Crippen LogP contribution is -2.56. The van der Waals surface area contributed by atoms with Crippen molar-refractivity contribution in [3.8, 4) is 28.7 Å². The standard InChI is InChI=1S/C27H26O12/c28-11-18(33)24-22(35)23(36)26(37-24)38-25-21(34)20-17(32)9-14(29)10-19(20)39-27(25,12-4-2-1-3-5-12)13-6-7-15(30)16(31)8-13/h1-10,18,22-26,28-33,35-36H,11H2/t18-,22-,23-,24-,25?,26+,27?/m1/s1. The number of aliphatic hydroxyl groups excluding tert-OH is 4. The zero-order chi connectivity index (χ0) is 28.1. The van der Waals surface area contributed by atoms with Gasteiger partial charge in [-0.15, -0.1) is 0 Å². The largest absolute Gasteiger partial charge is 0.508 e. The van der Waals surface area contributed by atoms with E-state index in [0.29, 0.717) is 5.56 Å². The summed E-state index contributed by atoms with van der Waals surface area (Å²) in [5.41, 5.74) is -1.94. The SMILES string of the molecule is O=C1c2c(O)cc(O)cc2OC(c2ccccc2)(c2ccc(O)c(O)c2)C1O[C@@H]1O[C@H]([C@H](O)CO)[C@H](O)[C@H]1O. The summed E-state index contributed by atoms with van der Waals surface area (Å²) in [4.78, 5) is 14.1. The molecule has 206 valence electrons. The molecule has 5 rings (SSSR count). The maximum atomic E-state index is 14.1. The molecule has 3 aromatic rings. The first-order chi connectivity index (χ1) is 18.6. The summed E-state index contributed by atoms with van der Waals surface area (Å²) < 4.78 is 17.8. The maximum Gasteiger partial charge on any atom is 0.204 e. The van der Waals surface area contributed by atoms with Crippen LogP contribution in [0.5, 0.6) is 28.7 Å². The number of Topliss-reactive ketones (excluding diaryl/α,β-unsaturated/α-hetero) is 1. The number of ketones is 1. The van der Waals surface area contributed by atoms with E-state index < -0.39 is 77.8 Å². The van der Waals surface area contributed by atoms with Gasteiger partial charge in [0.2, 0.25) is 5.78 Å². The van der Waals surface area contributed by atoms with Gasteiger partial charge in [0.1, 0.15) is 47.2 Å². The van der Waals surface area contributed by atoms with Crippen LogP contribution in [-0.4, -0.2) is 90.1 Å². The second-order valence-corrected chi connectivity index (χ2v) is 9.33. The lowest BCUT2D eigenvalue weighted by atomic mass is 9.76. The Morgan fingerprint density at radius 1 is 0.872 bits per heavy atom. The number of benzene rings is 3. The molecule has 0 aromatic heterocycles. The van der Waals surface area contributed by atoms with Crippen LogP contribution in [0.15, 0.2) is 60.7 Å². The normalized spacial score (nSPS) is 29.0. The molecule has 8 N–H and O–H groups in total. The third-order valence-electron chi connectivity index (χ3n) is 6.89. The quantitative estimate of drug-likeness (QED) is 0.197. The van der Waals surface area contributed by atoms with Gasteiger partial charge in [0.05, 0.1) is 6.61 Å². The number of rotatable bonds is 6. The molecule has 39 heavy (non-hydrogen) atoms. The number of aliphatic hydroxyl groups is 4. The number of phenolic OH excluding ortho intramolecular Hbond substituents is 4. The van der Waals surface area contributed by atoms with Crippen LogP contribution in [0.2, 0.25) is 0 Å². The Morgan fingerprint density at radius 3 is 2.26 bits per heavy atom. The van der Waals surface area contributed by atoms with E-state index in [1.54, 1.807) is 30.3 Å². The summed E-state index contributed by atoms with van der Waals surface area (Å²) in [6.07, 6.45) is -10.0. The van der Waals surface area contributed by atoms with Gasteiger partial charge >= 0.3 is 0 Å². The van der Waals surface area contributed by atoms with Crippen LogP contribution in [0.25, 0.3) is 0 Å². The number of ether oxygens (including phenoxy) is 3. The number of hydrogen-bond acceptors (Lipinski definition) is 12. The average molecular weight is 542 g/mol. The fourth-order valence-corrected chi connectivity index (χ4v) is 4.98. The molecule has 0 spiro atoms. The summed E-state index contributed by atoms with van der Waals surface area (Å²) in [7, 11) is 0. The molecule has 0 bridgehead atoms. The van der Waals surface area contributed by atoms with E-state index in [2.05, 4.69) is 0 Å². The van der Waals surface area contributed by atoms with Crippen molar-refractivity contribution in [1.29, 1.82) is 0 Å². The van der Waals surface area contributed by atoms with Crippen LogP contribution in [0, 0.1) is 0 Å². The van der Waals surface area contributed by atoms with Crippen molar-refractivity contribution in [3.05, 3.63) is 77.4 Å². The van der Waals surface area contributed by atoms with Gasteiger partial charge in [-0.1, -0.05) is 36.4 Å². The molecule has 0 radical (unpaired) electrons. The van der Waals surface area contributed by atoms with Crippen molar-refractivity contribution < 1.29 is 59.9 Å². The highest BCUT2D eigenvalue weighted by Crippen LogP contribution is 2.50. The molecular formula is C27H26O12. The van der Waals surface area contributed by atoms with Crippen LogP contribution >= 0.6 is 0 Å². The lowest BCUT2D eigenvalue weighted by molar-refractivity contribution is -0.217. The lowest BCUT2D eigenvalue weighted by Gasteiger charge is -2.45. The summed E-state index contributed by atoms with van der Waals surface area (Å²) in [6.45, 7) is -0.794. The average Bonchev–Trinajstić information content (AvgIpc) is 3.19. The second kappa shape index (κ2) is 10.0. The smallest absolute Gasteiger partial charge is 0.204 e. The minimum Gasteiger partial charge on any atom is -0.508 e. The van der Waals surface area contributed by atoms with Crippen LogP contribution in [0.3, 0.4) is 0 Å². The van der Waals surface area contributed by atoms with Crippen LogP contribution in [0.4, 0.5) is 0 Å². The molecule has 2 unspecified atom stereocenters. The fraction of sp³-hybridized carbons (Fsp3) is 0.296. The number of aromatic hydroxyl groups is 4. The topological polar surface area (TPSA) is 207 Å². The highest BCUT2D eigenvalue weighted by molar-refractivity contribution is 6.06. The third-order valence-corrected chi connectivity index (χ3v) is 6.89. The van der Waals surface area contributed by atoms with Gasteiger partial charge in [-0.3, -0.25) is 4.79 Å². The van der Waals surface area contributed by atoms with Gasteiger partial charge in [-0.25, -0.2) is 0 Å². The molecule has 1 saturated heterocycles. The van der Waals surface area contributed by atoms with Crippen LogP contribution in [0.1, 0.15) is 21.5 Å². The van der Waals surface area contributed by atoms with Crippen molar-refractivity contribution in [2.75, 3.05) is 6.61 Å². The minimum atomic E-state index is -1.97. The molecule has 3 aromatic carbocycles. The van der Waals surface area contributed by atoms with E-state index in [-0.39, 0.29) is 16.9 Å². The summed E-state index contributed by atoms with van der Waals surface area (Å²) in [6, 6.07) is 13.8. The fourth-order valence-electron chi connectivity index (χ4n) is 4.98. The van der Waals surface area contributed by atoms with Crippen molar-refractivity contribution in [2.24, 2.45) is 0 Å². The predicted molar refractivity (Wildman–Crippen MR) is 130 cm³/mol. The number of hydrogen-bond donors (Lipinski definition) is 8. The van der Waals surface area contributed by atoms with Crippen LogP contribution in [-0.2, 0) is 15.1 Å². The van der Waals surface area contributed by atoms with Gasteiger partial charge in [-0.2, -0.15) is 0 Å². The van der Waals surface area contributed by atoms with E-state index in [1.165, 1.54) is 6.07 Å². The molecule has 2 aliphatic rings. The van der Waals surface area contributed by atoms with Crippen LogP contribution < -0.4 is 4.74 Å². The Hall–Kier alpha value is -3.91. The molecule has 7 atom stereocenters. The van der Waals surface area contributed by atoms with E-state index >= 15 is 0 Å². The zero-order valence-corrected chi connectivity index (χ0v) is 20.2. The number of fused-ring (bicyclic) bond motifs is 1. The number of phenols is 4. The summed E-state index contributed by atoms with van der Waals surface area (Å²) in [5, 5.41) is 81.4. The van der Waals surface area contributed by atoms with E-state index in [9.17, 15) is 45.6 Å². The molecule has 0 saturated carbocycles. The second-order valence-electron chi connectivity index (χ2n) is 9.33. The Balaban J connectivity index is 1.72. The van der Waals surface area contributed by atoms with E-state index in [4.69, 9.17) is 14.2 Å². The Kier molecular flexibility index (Phi) is 6.84. The Labute approximate surface area is 221 Å². The van der Waals surface area contributed by atoms with Crippen molar-refractivity contribution >= 4 is 5.78 Å².